The molecule has 0 atom stereocenters. The summed E-state index contributed by atoms with van der Waals surface area (Å²) >= 11 is 0. The maximum Gasteiger partial charge on any atom is 0.0959 e. The first-order valence-electron chi connectivity index (χ1n) is 4.47. The Kier molecular flexibility index (Phi) is 2.11. The van der Waals surface area contributed by atoms with Gasteiger partial charge in [0.25, 0.3) is 0 Å². The van der Waals surface area contributed by atoms with Crippen molar-refractivity contribution in [1.82, 2.24) is 9.80 Å². The lowest BCUT2D eigenvalue weighted by atomic mass is 10.1. The quantitative estimate of drug-likeness (QED) is 0.565. The molecule has 0 aromatic carbocycles. The number of nitrogens with zero attached hydrogens (tertiary/aromatic N) is 2. The Morgan fingerprint density at radius 2 is 1.82 bits per heavy atom. The summed E-state index contributed by atoms with van der Waals surface area (Å²) in [5.74, 6) is 0. The molecular weight excluding hydrogens is 140 g/mol. The van der Waals surface area contributed by atoms with E-state index in [0.29, 0.717) is 6.04 Å². The Labute approximate surface area is 67.6 Å². The van der Waals surface area contributed by atoms with E-state index in [4.69, 9.17) is 5.11 Å². The third kappa shape index (κ3) is 1.41. The van der Waals surface area contributed by atoms with Gasteiger partial charge in [0.05, 0.1) is 6.73 Å². The number of rotatable bonds is 1. The molecule has 3 aliphatic rings. The Bertz CT molecular complexity index is 132. The molecule has 0 aromatic rings. The topological polar surface area (TPSA) is 26.7 Å². The van der Waals surface area contributed by atoms with Gasteiger partial charge >= 0.3 is 0 Å². The van der Waals surface area contributed by atoms with Crippen molar-refractivity contribution in [1.29, 1.82) is 0 Å². The molecule has 0 unspecified atom stereocenters. The van der Waals surface area contributed by atoms with Crippen molar-refractivity contribution in [2.24, 2.45) is 0 Å². The van der Waals surface area contributed by atoms with Crippen LogP contribution in [0.4, 0.5) is 0 Å². The molecule has 3 rings (SSSR count). The number of aliphatic hydroxyl groups is 1. The fraction of sp³-hybridized carbons (Fsp3) is 1.00. The summed E-state index contributed by atoms with van der Waals surface area (Å²) in [6, 6.07) is 0.666. The summed E-state index contributed by atoms with van der Waals surface area (Å²) in [5, 5.41) is 9.04. The van der Waals surface area contributed by atoms with Crippen LogP contribution in [0.1, 0.15) is 12.8 Å². The van der Waals surface area contributed by atoms with E-state index in [9.17, 15) is 0 Å². The molecule has 2 bridgehead atoms. The standard InChI is InChI=1S/C8H16N2O/c11-7-10-6-5-9-3-1-8(10)2-4-9/h8,11H,1-7H2. The molecular formula is C8H16N2O. The highest BCUT2D eigenvalue weighted by molar-refractivity contribution is 4.83. The van der Waals surface area contributed by atoms with Crippen molar-refractivity contribution in [3.05, 3.63) is 0 Å². The second-order valence-corrected chi connectivity index (χ2v) is 3.53. The summed E-state index contributed by atoms with van der Waals surface area (Å²) in [6.45, 7) is 4.93. The van der Waals surface area contributed by atoms with Crippen molar-refractivity contribution < 1.29 is 5.11 Å². The Balaban J connectivity index is 2.03. The number of hydrogen-bond acceptors (Lipinski definition) is 3. The van der Waals surface area contributed by atoms with Gasteiger partial charge in [-0.25, -0.2) is 0 Å². The molecule has 0 amide bonds. The van der Waals surface area contributed by atoms with Gasteiger partial charge in [0.2, 0.25) is 0 Å². The maximum absolute atomic E-state index is 9.04. The summed E-state index contributed by atoms with van der Waals surface area (Å²) in [4.78, 5) is 4.69. The Hall–Kier alpha value is -0.120. The highest BCUT2D eigenvalue weighted by Crippen LogP contribution is 2.19. The van der Waals surface area contributed by atoms with Gasteiger partial charge < -0.3 is 10.0 Å². The highest BCUT2D eigenvalue weighted by atomic mass is 16.3. The van der Waals surface area contributed by atoms with Gasteiger partial charge in [0.1, 0.15) is 0 Å². The van der Waals surface area contributed by atoms with Gasteiger partial charge in [0, 0.05) is 19.1 Å². The molecule has 0 aliphatic carbocycles. The van der Waals surface area contributed by atoms with Crippen LogP contribution in [0, 0.1) is 0 Å². The first-order valence-corrected chi connectivity index (χ1v) is 4.47. The third-order valence-corrected chi connectivity index (χ3v) is 2.96. The minimum Gasteiger partial charge on any atom is -0.381 e. The first kappa shape index (κ1) is 7.53. The zero-order valence-electron chi connectivity index (χ0n) is 6.87. The Morgan fingerprint density at radius 1 is 1.09 bits per heavy atom. The number of hydrogen-bond donors (Lipinski definition) is 1. The predicted octanol–water partition coefficient (Wildman–Crippen LogP) is -0.284. The molecule has 3 fully saturated rings. The van der Waals surface area contributed by atoms with E-state index in [1.165, 1.54) is 25.9 Å². The third-order valence-electron chi connectivity index (χ3n) is 2.96. The van der Waals surface area contributed by atoms with Crippen LogP contribution in [-0.4, -0.2) is 53.9 Å². The Morgan fingerprint density at radius 3 is 2.45 bits per heavy atom. The minimum absolute atomic E-state index is 0.249. The van der Waals surface area contributed by atoms with Crippen molar-refractivity contribution in [3.63, 3.8) is 0 Å². The second-order valence-electron chi connectivity index (χ2n) is 3.53. The number of aliphatic hydroxyl groups excluding tert-OH is 1. The summed E-state index contributed by atoms with van der Waals surface area (Å²) in [7, 11) is 0. The van der Waals surface area contributed by atoms with Crippen molar-refractivity contribution >= 4 is 0 Å². The van der Waals surface area contributed by atoms with Crippen LogP contribution in [0.5, 0.6) is 0 Å². The van der Waals surface area contributed by atoms with E-state index >= 15 is 0 Å². The van der Waals surface area contributed by atoms with E-state index in [2.05, 4.69) is 9.80 Å². The van der Waals surface area contributed by atoms with Crippen LogP contribution in [0.3, 0.4) is 0 Å². The van der Waals surface area contributed by atoms with Gasteiger partial charge in [-0.2, -0.15) is 0 Å². The molecule has 3 aliphatic heterocycles. The van der Waals surface area contributed by atoms with Gasteiger partial charge in [-0.15, -0.1) is 0 Å². The zero-order valence-corrected chi connectivity index (χ0v) is 6.87. The number of fused-ring (bicyclic) bond motifs is 4. The van der Waals surface area contributed by atoms with E-state index in [1.54, 1.807) is 0 Å². The average molecular weight is 156 g/mol. The lowest BCUT2D eigenvalue weighted by Gasteiger charge is -2.29. The van der Waals surface area contributed by atoms with Crippen molar-refractivity contribution in [2.75, 3.05) is 32.9 Å². The monoisotopic (exact) mass is 156 g/mol. The van der Waals surface area contributed by atoms with E-state index in [0.717, 1.165) is 13.1 Å². The molecule has 1 N–H and O–H groups in total. The fourth-order valence-electron chi connectivity index (χ4n) is 2.15. The van der Waals surface area contributed by atoms with E-state index in [-0.39, 0.29) is 6.73 Å². The molecule has 11 heavy (non-hydrogen) atoms. The van der Waals surface area contributed by atoms with Gasteiger partial charge in [-0.3, -0.25) is 4.90 Å². The summed E-state index contributed by atoms with van der Waals surface area (Å²) < 4.78 is 0. The number of piperidine rings is 1. The minimum atomic E-state index is 0.249. The fourth-order valence-corrected chi connectivity index (χ4v) is 2.15. The lowest BCUT2D eigenvalue weighted by molar-refractivity contribution is 0.0710. The van der Waals surface area contributed by atoms with Crippen molar-refractivity contribution in [2.45, 2.75) is 18.9 Å². The van der Waals surface area contributed by atoms with Gasteiger partial charge in [0.15, 0.2) is 0 Å². The van der Waals surface area contributed by atoms with Crippen LogP contribution in [0.25, 0.3) is 0 Å². The van der Waals surface area contributed by atoms with Crippen LogP contribution in [0.15, 0.2) is 0 Å². The van der Waals surface area contributed by atoms with Crippen LogP contribution in [-0.2, 0) is 0 Å². The molecule has 0 aromatic heterocycles. The smallest absolute Gasteiger partial charge is 0.0959 e. The van der Waals surface area contributed by atoms with Crippen LogP contribution >= 0.6 is 0 Å². The summed E-state index contributed by atoms with van der Waals surface area (Å²) in [6.07, 6.45) is 2.50. The largest absolute Gasteiger partial charge is 0.381 e. The average Bonchev–Trinajstić information content (AvgIpc) is 2.36. The van der Waals surface area contributed by atoms with Gasteiger partial charge in [-0.1, -0.05) is 0 Å². The molecule has 64 valence electrons. The molecule has 0 saturated carbocycles. The normalized spacial score (nSPS) is 39.0. The lowest BCUT2D eigenvalue weighted by Crippen LogP contribution is -2.38. The van der Waals surface area contributed by atoms with Crippen LogP contribution in [0.2, 0.25) is 0 Å². The molecule has 3 saturated heterocycles. The van der Waals surface area contributed by atoms with E-state index < -0.39 is 0 Å². The molecule has 3 heteroatoms. The van der Waals surface area contributed by atoms with Crippen LogP contribution < -0.4 is 0 Å². The second kappa shape index (κ2) is 3.09. The van der Waals surface area contributed by atoms with Gasteiger partial charge in [-0.05, 0) is 25.9 Å². The van der Waals surface area contributed by atoms with E-state index in [1.807, 2.05) is 0 Å². The van der Waals surface area contributed by atoms with Crippen molar-refractivity contribution in [3.8, 4) is 0 Å². The molecule has 3 nitrogen and oxygen atoms in total. The maximum atomic E-state index is 9.04. The molecule has 0 radical (unpaired) electrons. The first-order chi connectivity index (χ1) is 5.40. The summed E-state index contributed by atoms with van der Waals surface area (Å²) in [5.41, 5.74) is 0. The molecule has 3 heterocycles. The predicted molar refractivity (Wildman–Crippen MR) is 43.3 cm³/mol. The zero-order chi connectivity index (χ0) is 7.68. The SMILES string of the molecule is OCN1CCN2CCC1CC2. The highest BCUT2D eigenvalue weighted by Gasteiger charge is 2.27. The molecule has 0 spiro atoms.